The highest BCUT2D eigenvalue weighted by atomic mass is 19.1. The van der Waals surface area contributed by atoms with Crippen molar-refractivity contribution >= 4 is 17.7 Å². The second kappa shape index (κ2) is 11.4. The van der Waals surface area contributed by atoms with Gasteiger partial charge in [-0.2, -0.15) is 15.1 Å². The predicted octanol–water partition coefficient (Wildman–Crippen LogP) is 4.25. The van der Waals surface area contributed by atoms with Crippen molar-refractivity contribution < 1.29 is 13.5 Å². The molecular formula is C28H29F2N7O. The third kappa shape index (κ3) is 6.15. The molecule has 0 amide bonds. The first-order valence-corrected chi connectivity index (χ1v) is 12.4. The summed E-state index contributed by atoms with van der Waals surface area (Å²) in [6.45, 7) is 6.10. The van der Waals surface area contributed by atoms with Crippen molar-refractivity contribution in [1.29, 1.82) is 0 Å². The molecule has 1 aliphatic heterocycles. The van der Waals surface area contributed by atoms with E-state index in [-0.39, 0.29) is 5.95 Å². The van der Waals surface area contributed by atoms with Gasteiger partial charge in [0, 0.05) is 56.1 Å². The van der Waals surface area contributed by atoms with E-state index in [1.54, 1.807) is 16.9 Å². The molecule has 0 radical (unpaired) electrons. The SMILES string of the molecule is Cc1c(/C=C/CN2CCN(c3cc(F)cc(F)c3)CC2)cnn1-c1cc(OCc2ccccc2)nc(N)n1. The Kier molecular flexibility index (Phi) is 7.60. The summed E-state index contributed by atoms with van der Waals surface area (Å²) < 4.78 is 34.7. The minimum absolute atomic E-state index is 0.109. The Morgan fingerprint density at radius 2 is 1.71 bits per heavy atom. The van der Waals surface area contributed by atoms with Crippen molar-refractivity contribution in [2.75, 3.05) is 43.4 Å². The first kappa shape index (κ1) is 25.3. The monoisotopic (exact) mass is 517 g/mol. The lowest BCUT2D eigenvalue weighted by molar-refractivity contribution is 0.284. The van der Waals surface area contributed by atoms with Gasteiger partial charge in [-0.3, -0.25) is 4.90 Å². The van der Waals surface area contributed by atoms with Gasteiger partial charge in [-0.05, 0) is 24.6 Å². The quantitative estimate of drug-likeness (QED) is 0.374. The number of anilines is 2. The van der Waals surface area contributed by atoms with Gasteiger partial charge in [0.1, 0.15) is 18.2 Å². The van der Waals surface area contributed by atoms with E-state index in [9.17, 15) is 8.78 Å². The van der Waals surface area contributed by atoms with Gasteiger partial charge in [0.15, 0.2) is 5.82 Å². The van der Waals surface area contributed by atoms with Crippen LogP contribution >= 0.6 is 0 Å². The molecule has 1 fully saturated rings. The summed E-state index contributed by atoms with van der Waals surface area (Å²) in [5.41, 5.74) is 9.42. The van der Waals surface area contributed by atoms with Crippen molar-refractivity contribution in [2.24, 2.45) is 0 Å². The van der Waals surface area contributed by atoms with Crippen LogP contribution in [-0.4, -0.2) is 57.4 Å². The molecule has 0 atom stereocenters. The van der Waals surface area contributed by atoms with E-state index < -0.39 is 11.6 Å². The maximum atomic E-state index is 13.6. The lowest BCUT2D eigenvalue weighted by Gasteiger charge is -2.35. The molecule has 1 saturated heterocycles. The van der Waals surface area contributed by atoms with Crippen molar-refractivity contribution in [3.8, 4) is 11.7 Å². The maximum Gasteiger partial charge on any atom is 0.225 e. The molecule has 0 unspecified atom stereocenters. The lowest BCUT2D eigenvalue weighted by atomic mass is 10.2. The molecule has 10 heteroatoms. The molecule has 0 saturated carbocycles. The number of hydrogen-bond acceptors (Lipinski definition) is 7. The third-order valence-electron chi connectivity index (χ3n) is 6.45. The molecule has 0 spiro atoms. The van der Waals surface area contributed by atoms with Gasteiger partial charge in [-0.1, -0.05) is 42.5 Å². The van der Waals surface area contributed by atoms with Crippen LogP contribution in [0.25, 0.3) is 11.9 Å². The Labute approximate surface area is 220 Å². The molecule has 0 bridgehead atoms. The van der Waals surface area contributed by atoms with Crippen LogP contribution in [0.5, 0.6) is 5.88 Å². The molecule has 5 rings (SSSR count). The average Bonchev–Trinajstić information content (AvgIpc) is 3.27. The van der Waals surface area contributed by atoms with Crippen LogP contribution in [0.3, 0.4) is 0 Å². The summed E-state index contributed by atoms with van der Waals surface area (Å²) >= 11 is 0. The number of ether oxygens (including phenoxy) is 1. The van der Waals surface area contributed by atoms with Crippen molar-refractivity contribution in [2.45, 2.75) is 13.5 Å². The first-order valence-electron chi connectivity index (χ1n) is 12.4. The molecule has 4 aromatic rings. The van der Waals surface area contributed by atoms with Crippen LogP contribution in [0, 0.1) is 18.6 Å². The number of benzene rings is 2. The van der Waals surface area contributed by atoms with Crippen LogP contribution in [-0.2, 0) is 6.61 Å². The van der Waals surface area contributed by atoms with E-state index in [0.29, 0.717) is 37.1 Å². The second-order valence-corrected chi connectivity index (χ2v) is 9.11. The van der Waals surface area contributed by atoms with E-state index in [2.05, 4.69) is 26.0 Å². The number of hydrogen-bond donors (Lipinski definition) is 1. The molecule has 2 aromatic carbocycles. The summed E-state index contributed by atoms with van der Waals surface area (Å²) in [5.74, 6) is -0.0903. The normalized spacial score (nSPS) is 14.3. The number of rotatable bonds is 8. The molecule has 2 aromatic heterocycles. The number of nitrogen functional groups attached to an aromatic ring is 1. The molecule has 196 valence electrons. The zero-order chi connectivity index (χ0) is 26.5. The molecular weight excluding hydrogens is 488 g/mol. The number of piperazine rings is 1. The first-order chi connectivity index (χ1) is 18.4. The molecule has 1 aliphatic rings. The van der Waals surface area contributed by atoms with Gasteiger partial charge in [0.2, 0.25) is 11.8 Å². The number of nitrogens with two attached hydrogens (primary N) is 1. The second-order valence-electron chi connectivity index (χ2n) is 9.11. The van der Waals surface area contributed by atoms with Gasteiger partial charge in [0.25, 0.3) is 0 Å². The summed E-state index contributed by atoms with van der Waals surface area (Å²) in [6.07, 6.45) is 5.91. The van der Waals surface area contributed by atoms with Crippen LogP contribution in [0.15, 0.2) is 66.9 Å². The topological polar surface area (TPSA) is 85.3 Å². The van der Waals surface area contributed by atoms with E-state index in [1.165, 1.54) is 12.1 Å². The van der Waals surface area contributed by atoms with E-state index >= 15 is 0 Å². The highest BCUT2D eigenvalue weighted by Crippen LogP contribution is 2.21. The van der Waals surface area contributed by atoms with Crippen LogP contribution in [0.4, 0.5) is 20.4 Å². The van der Waals surface area contributed by atoms with Gasteiger partial charge >= 0.3 is 0 Å². The Hall–Kier alpha value is -4.31. The van der Waals surface area contributed by atoms with Gasteiger partial charge in [-0.15, -0.1) is 0 Å². The van der Waals surface area contributed by atoms with Crippen molar-refractivity contribution in [3.63, 3.8) is 0 Å². The number of aromatic nitrogens is 4. The zero-order valence-corrected chi connectivity index (χ0v) is 21.1. The fourth-order valence-electron chi connectivity index (χ4n) is 4.40. The highest BCUT2D eigenvalue weighted by Gasteiger charge is 2.18. The Balaban J connectivity index is 1.19. The summed E-state index contributed by atoms with van der Waals surface area (Å²) in [7, 11) is 0. The fraction of sp³-hybridized carbons (Fsp3) is 0.250. The van der Waals surface area contributed by atoms with E-state index in [1.807, 2.05) is 48.2 Å². The largest absolute Gasteiger partial charge is 0.473 e. The average molecular weight is 518 g/mol. The molecule has 2 N–H and O–H groups in total. The smallest absolute Gasteiger partial charge is 0.225 e. The Bertz CT molecular complexity index is 1400. The third-order valence-corrected chi connectivity index (χ3v) is 6.45. The van der Waals surface area contributed by atoms with E-state index in [0.717, 1.165) is 42.5 Å². The summed E-state index contributed by atoms with van der Waals surface area (Å²) in [6, 6.07) is 15.2. The predicted molar refractivity (Wildman–Crippen MR) is 143 cm³/mol. The van der Waals surface area contributed by atoms with E-state index in [4.69, 9.17) is 10.5 Å². The molecule has 38 heavy (non-hydrogen) atoms. The summed E-state index contributed by atoms with van der Waals surface area (Å²) in [5, 5.41) is 4.49. The molecule has 8 nitrogen and oxygen atoms in total. The minimum Gasteiger partial charge on any atom is -0.473 e. The van der Waals surface area contributed by atoms with Crippen molar-refractivity contribution in [3.05, 3.63) is 95.3 Å². The number of nitrogens with zero attached hydrogens (tertiary/aromatic N) is 6. The molecule has 0 aliphatic carbocycles. The molecule has 3 heterocycles. The van der Waals surface area contributed by atoms with Crippen molar-refractivity contribution in [1.82, 2.24) is 24.6 Å². The number of halogens is 2. The fourth-order valence-corrected chi connectivity index (χ4v) is 4.40. The standard InChI is InChI=1S/C28H29F2N7O/c1-20-22(8-5-9-35-10-12-36(13-11-35)25-15-23(29)14-24(30)16-25)18-32-37(20)26-17-27(34-28(31)33-26)38-19-21-6-3-2-4-7-21/h2-8,14-18H,9-13,19H2,1H3,(H2,31,33,34)/b8-5+. The van der Waals surface area contributed by atoms with Gasteiger partial charge < -0.3 is 15.4 Å². The van der Waals surface area contributed by atoms with Gasteiger partial charge in [0.05, 0.1) is 11.9 Å². The minimum atomic E-state index is -0.554. The maximum absolute atomic E-state index is 13.6. The Morgan fingerprint density at radius 1 is 0.974 bits per heavy atom. The van der Waals surface area contributed by atoms with Crippen LogP contribution < -0.4 is 15.4 Å². The van der Waals surface area contributed by atoms with Crippen LogP contribution in [0.1, 0.15) is 16.8 Å². The Morgan fingerprint density at radius 3 is 2.45 bits per heavy atom. The summed E-state index contributed by atoms with van der Waals surface area (Å²) in [4.78, 5) is 12.8. The van der Waals surface area contributed by atoms with Gasteiger partial charge in [-0.25, -0.2) is 13.5 Å². The van der Waals surface area contributed by atoms with Crippen LogP contribution in [0.2, 0.25) is 0 Å². The highest BCUT2D eigenvalue weighted by molar-refractivity contribution is 5.53. The lowest BCUT2D eigenvalue weighted by Crippen LogP contribution is -2.46. The zero-order valence-electron chi connectivity index (χ0n) is 21.1.